The second-order valence-corrected chi connectivity index (χ2v) is 5.59. The lowest BCUT2D eigenvalue weighted by Crippen LogP contribution is -2.36. The van der Waals surface area contributed by atoms with Crippen molar-refractivity contribution in [2.24, 2.45) is 0 Å². The molecule has 1 atom stereocenters. The number of nitrogens with zero attached hydrogens (tertiary/aromatic N) is 2. The van der Waals surface area contributed by atoms with Crippen LogP contribution >= 0.6 is 0 Å². The van der Waals surface area contributed by atoms with Crippen LogP contribution in [0.25, 0.3) is 0 Å². The number of rotatable bonds is 10. The van der Waals surface area contributed by atoms with Gasteiger partial charge in [0.15, 0.2) is 0 Å². The highest BCUT2D eigenvalue weighted by Crippen LogP contribution is 2.20. The first-order valence-corrected chi connectivity index (χ1v) is 7.95. The third kappa shape index (κ3) is 5.32. The van der Waals surface area contributed by atoms with Gasteiger partial charge in [-0.1, -0.05) is 52.4 Å². The zero-order valence-corrected chi connectivity index (χ0v) is 12.7. The zero-order valence-electron chi connectivity index (χ0n) is 12.7. The van der Waals surface area contributed by atoms with Gasteiger partial charge >= 0.3 is 0 Å². The first-order valence-electron chi connectivity index (χ1n) is 7.95. The minimum Gasteiger partial charge on any atom is -0.359 e. The molecule has 0 fully saturated rings. The summed E-state index contributed by atoms with van der Waals surface area (Å²) in [6, 6.07) is 0. The van der Waals surface area contributed by atoms with Crippen LogP contribution in [0.5, 0.6) is 0 Å². The minimum atomic E-state index is 0.626. The summed E-state index contributed by atoms with van der Waals surface area (Å²) < 4.78 is 0. The average Bonchev–Trinajstić information content (AvgIpc) is 2.72. The largest absolute Gasteiger partial charge is 0.359 e. The fourth-order valence-corrected chi connectivity index (χ4v) is 2.68. The van der Waals surface area contributed by atoms with Crippen LogP contribution in [0.1, 0.15) is 71.6 Å². The Balaban J connectivity index is 2.13. The van der Waals surface area contributed by atoms with Gasteiger partial charge in [0.05, 0.1) is 0 Å². The molecule has 0 spiro atoms. The van der Waals surface area contributed by atoms with Crippen molar-refractivity contribution in [3.63, 3.8) is 0 Å². The molecule has 2 nitrogen and oxygen atoms in total. The number of unbranched alkanes of at least 4 members (excludes halogenated alkanes) is 6. The summed E-state index contributed by atoms with van der Waals surface area (Å²) in [6.07, 6.45) is 17.4. The summed E-state index contributed by atoms with van der Waals surface area (Å²) in [5, 5.41) is 0. The van der Waals surface area contributed by atoms with E-state index in [1.807, 2.05) is 0 Å². The summed E-state index contributed by atoms with van der Waals surface area (Å²) >= 11 is 0. The van der Waals surface area contributed by atoms with Gasteiger partial charge in [0, 0.05) is 26.0 Å². The molecule has 0 amide bonds. The molecule has 1 aliphatic rings. The lowest BCUT2D eigenvalue weighted by Gasteiger charge is -2.30. The van der Waals surface area contributed by atoms with Crippen molar-refractivity contribution in [3.8, 4) is 0 Å². The molecule has 1 aliphatic heterocycles. The van der Waals surface area contributed by atoms with Crippen molar-refractivity contribution in [1.82, 2.24) is 9.80 Å². The van der Waals surface area contributed by atoms with Gasteiger partial charge in [0.1, 0.15) is 6.17 Å². The molecule has 0 aromatic heterocycles. The van der Waals surface area contributed by atoms with E-state index >= 15 is 0 Å². The van der Waals surface area contributed by atoms with E-state index < -0.39 is 0 Å². The second-order valence-electron chi connectivity index (χ2n) is 5.59. The highest BCUT2D eigenvalue weighted by molar-refractivity contribution is 4.95. The maximum atomic E-state index is 2.54. The van der Waals surface area contributed by atoms with Crippen molar-refractivity contribution in [1.29, 1.82) is 0 Å². The standard InChI is InChI=1S/C16H32N2/c1-4-6-8-9-10-11-13-18-15-14-17(3)16(18)12-7-5-2/h14-16H,4-13H2,1-3H3. The van der Waals surface area contributed by atoms with Gasteiger partial charge in [-0.25, -0.2) is 0 Å². The van der Waals surface area contributed by atoms with Gasteiger partial charge in [-0.3, -0.25) is 0 Å². The molecule has 0 N–H and O–H groups in total. The van der Waals surface area contributed by atoms with Gasteiger partial charge in [-0.15, -0.1) is 0 Å². The van der Waals surface area contributed by atoms with Crippen LogP contribution in [-0.4, -0.2) is 29.6 Å². The van der Waals surface area contributed by atoms with Crippen LogP contribution in [0.4, 0.5) is 0 Å². The van der Waals surface area contributed by atoms with Crippen LogP contribution in [0.2, 0.25) is 0 Å². The quantitative estimate of drug-likeness (QED) is 0.525. The van der Waals surface area contributed by atoms with Crippen molar-refractivity contribution >= 4 is 0 Å². The molecule has 18 heavy (non-hydrogen) atoms. The normalized spacial score (nSPS) is 18.9. The fraction of sp³-hybridized carbons (Fsp3) is 0.875. The smallest absolute Gasteiger partial charge is 0.100 e. The van der Waals surface area contributed by atoms with Crippen molar-refractivity contribution in [2.75, 3.05) is 13.6 Å². The Morgan fingerprint density at radius 3 is 2.22 bits per heavy atom. The number of hydrogen-bond donors (Lipinski definition) is 0. The average molecular weight is 252 g/mol. The van der Waals surface area contributed by atoms with E-state index in [1.54, 1.807) is 0 Å². The molecule has 0 bridgehead atoms. The van der Waals surface area contributed by atoms with Gasteiger partial charge in [0.25, 0.3) is 0 Å². The molecular formula is C16H32N2. The van der Waals surface area contributed by atoms with Crippen molar-refractivity contribution in [3.05, 3.63) is 12.4 Å². The number of hydrogen-bond acceptors (Lipinski definition) is 2. The molecule has 1 rings (SSSR count). The molecule has 0 aromatic rings. The van der Waals surface area contributed by atoms with E-state index in [0.717, 1.165) is 0 Å². The molecule has 1 heterocycles. The maximum Gasteiger partial charge on any atom is 0.100 e. The van der Waals surface area contributed by atoms with E-state index in [0.29, 0.717) is 6.17 Å². The van der Waals surface area contributed by atoms with Gasteiger partial charge in [-0.05, 0) is 19.3 Å². The van der Waals surface area contributed by atoms with Crippen molar-refractivity contribution < 1.29 is 0 Å². The third-order valence-corrected chi connectivity index (χ3v) is 3.93. The van der Waals surface area contributed by atoms with Crippen LogP contribution in [-0.2, 0) is 0 Å². The van der Waals surface area contributed by atoms with Gasteiger partial charge < -0.3 is 9.80 Å². The van der Waals surface area contributed by atoms with E-state index in [4.69, 9.17) is 0 Å². The van der Waals surface area contributed by atoms with Crippen LogP contribution in [0.15, 0.2) is 12.4 Å². The SMILES string of the molecule is CCCCCCCCN1C=CN(C)C1CCCC. The highest BCUT2D eigenvalue weighted by Gasteiger charge is 2.21. The summed E-state index contributed by atoms with van der Waals surface area (Å²) in [7, 11) is 2.21. The summed E-state index contributed by atoms with van der Waals surface area (Å²) in [4.78, 5) is 4.90. The Kier molecular flexibility index (Phi) is 7.95. The van der Waals surface area contributed by atoms with E-state index in [-0.39, 0.29) is 0 Å². The molecule has 1 unspecified atom stereocenters. The molecular weight excluding hydrogens is 220 g/mol. The monoisotopic (exact) mass is 252 g/mol. The van der Waals surface area contributed by atoms with Gasteiger partial charge in [-0.2, -0.15) is 0 Å². The minimum absolute atomic E-state index is 0.626. The van der Waals surface area contributed by atoms with E-state index in [2.05, 4.69) is 43.1 Å². The van der Waals surface area contributed by atoms with E-state index in [1.165, 1.54) is 64.3 Å². The predicted molar refractivity (Wildman–Crippen MR) is 80.3 cm³/mol. The Hall–Kier alpha value is -0.660. The van der Waals surface area contributed by atoms with Crippen LogP contribution < -0.4 is 0 Å². The molecule has 0 saturated carbocycles. The summed E-state index contributed by atoms with van der Waals surface area (Å²) in [6.45, 7) is 5.80. The Labute approximate surface area is 114 Å². The first kappa shape index (κ1) is 15.4. The third-order valence-electron chi connectivity index (χ3n) is 3.93. The molecule has 2 heteroatoms. The Morgan fingerprint density at radius 2 is 1.50 bits per heavy atom. The molecule has 0 saturated heterocycles. The lowest BCUT2D eigenvalue weighted by molar-refractivity contribution is 0.160. The molecule has 106 valence electrons. The van der Waals surface area contributed by atoms with Crippen LogP contribution in [0, 0.1) is 0 Å². The fourth-order valence-electron chi connectivity index (χ4n) is 2.68. The van der Waals surface area contributed by atoms with E-state index in [9.17, 15) is 0 Å². The first-order chi connectivity index (χ1) is 8.79. The molecule has 0 radical (unpaired) electrons. The molecule has 0 aliphatic carbocycles. The topological polar surface area (TPSA) is 6.48 Å². The zero-order chi connectivity index (χ0) is 13.2. The van der Waals surface area contributed by atoms with Gasteiger partial charge in [0.2, 0.25) is 0 Å². The summed E-state index contributed by atoms with van der Waals surface area (Å²) in [5.41, 5.74) is 0. The lowest BCUT2D eigenvalue weighted by atomic mass is 10.1. The Bertz CT molecular complexity index is 225. The second kappa shape index (κ2) is 9.29. The highest BCUT2D eigenvalue weighted by atomic mass is 15.4. The van der Waals surface area contributed by atoms with Crippen LogP contribution in [0.3, 0.4) is 0 Å². The predicted octanol–water partition coefficient (Wildman–Crippen LogP) is 4.58. The van der Waals surface area contributed by atoms with Crippen molar-refractivity contribution in [2.45, 2.75) is 77.8 Å². The molecule has 0 aromatic carbocycles. The Morgan fingerprint density at radius 1 is 0.833 bits per heavy atom. The maximum absolute atomic E-state index is 2.54. The summed E-state index contributed by atoms with van der Waals surface area (Å²) in [5.74, 6) is 0.